The fraction of sp³-hybridized carbons (Fsp3) is 0.286. The Labute approximate surface area is 143 Å². The lowest BCUT2D eigenvalue weighted by molar-refractivity contribution is 0.805. The molecule has 1 aromatic carbocycles. The van der Waals surface area contributed by atoms with Crippen LogP contribution < -0.4 is 0 Å². The second-order valence-electron chi connectivity index (χ2n) is 5.98. The van der Waals surface area contributed by atoms with Crippen LogP contribution in [-0.4, -0.2) is 4.98 Å². The van der Waals surface area contributed by atoms with E-state index >= 15 is 0 Å². The van der Waals surface area contributed by atoms with Crippen molar-refractivity contribution in [3.05, 3.63) is 69.5 Å². The molecule has 2 heteroatoms. The van der Waals surface area contributed by atoms with Crippen LogP contribution >= 0.6 is 11.6 Å². The fourth-order valence-electron chi connectivity index (χ4n) is 3.30. The van der Waals surface area contributed by atoms with E-state index in [0.29, 0.717) is 0 Å². The lowest BCUT2D eigenvalue weighted by Crippen LogP contribution is -2.00. The van der Waals surface area contributed by atoms with Crippen molar-refractivity contribution in [1.29, 1.82) is 0 Å². The topological polar surface area (TPSA) is 12.9 Å². The van der Waals surface area contributed by atoms with Crippen molar-refractivity contribution in [1.82, 2.24) is 4.98 Å². The van der Waals surface area contributed by atoms with Crippen LogP contribution in [0.5, 0.6) is 0 Å². The van der Waals surface area contributed by atoms with Crippen molar-refractivity contribution in [2.45, 2.75) is 39.5 Å². The first-order valence-electron chi connectivity index (χ1n) is 8.40. The van der Waals surface area contributed by atoms with Gasteiger partial charge in [-0.25, -0.2) is 0 Å². The quantitative estimate of drug-likeness (QED) is 0.525. The molecule has 118 valence electrons. The Balaban J connectivity index is 2.32. The van der Waals surface area contributed by atoms with Gasteiger partial charge in [-0.2, -0.15) is 0 Å². The normalized spacial score (nSPS) is 12.6. The monoisotopic (exact) mass is 323 g/mol. The highest BCUT2D eigenvalue weighted by molar-refractivity contribution is 6.30. The summed E-state index contributed by atoms with van der Waals surface area (Å²) in [4.78, 5) is 4.73. The van der Waals surface area contributed by atoms with Gasteiger partial charge in [0, 0.05) is 22.4 Å². The molecule has 0 amide bonds. The van der Waals surface area contributed by atoms with E-state index in [9.17, 15) is 0 Å². The van der Waals surface area contributed by atoms with Crippen LogP contribution in [0.15, 0.2) is 42.1 Å². The van der Waals surface area contributed by atoms with E-state index < -0.39 is 0 Å². The number of aromatic nitrogens is 1. The molecule has 3 rings (SSSR count). The lowest BCUT2D eigenvalue weighted by atomic mass is 9.89. The summed E-state index contributed by atoms with van der Waals surface area (Å²) in [6.45, 7) is 4.49. The second kappa shape index (κ2) is 7.14. The predicted molar refractivity (Wildman–Crippen MR) is 100 cm³/mol. The zero-order valence-corrected chi connectivity index (χ0v) is 14.5. The van der Waals surface area contributed by atoms with Crippen molar-refractivity contribution < 1.29 is 0 Å². The smallest absolute Gasteiger partial charge is 0.0780 e. The molecule has 1 heterocycles. The Morgan fingerprint density at radius 2 is 1.74 bits per heavy atom. The van der Waals surface area contributed by atoms with Crippen molar-refractivity contribution in [3.8, 4) is 0 Å². The minimum Gasteiger partial charge on any atom is -0.256 e. The summed E-state index contributed by atoms with van der Waals surface area (Å²) < 4.78 is 0. The molecule has 1 aliphatic rings. The van der Waals surface area contributed by atoms with Gasteiger partial charge in [0.05, 0.1) is 5.69 Å². The van der Waals surface area contributed by atoms with Gasteiger partial charge in [-0.05, 0) is 42.2 Å². The van der Waals surface area contributed by atoms with Gasteiger partial charge in [-0.1, -0.05) is 68.1 Å². The number of hydrogen-bond acceptors (Lipinski definition) is 1. The molecule has 2 aromatic rings. The van der Waals surface area contributed by atoms with Gasteiger partial charge in [-0.3, -0.25) is 4.98 Å². The van der Waals surface area contributed by atoms with E-state index in [2.05, 4.69) is 44.2 Å². The second-order valence-corrected chi connectivity index (χ2v) is 6.42. The number of pyridine rings is 1. The molecule has 0 N–H and O–H groups in total. The molecule has 0 fully saturated rings. The molecule has 0 atom stereocenters. The van der Waals surface area contributed by atoms with Crippen molar-refractivity contribution in [2.75, 3.05) is 0 Å². The third-order valence-electron chi connectivity index (χ3n) is 4.26. The standard InChI is InChI=1S/C21H22ClN/c1-3-6-15(7-4-2)20-19-12-11-18(22)14-17(19)10-9-16-8-5-13-23-21(16)20/h5,8-14H,3-4,6-7H2,1-2H3. The first-order valence-corrected chi connectivity index (χ1v) is 8.77. The molecule has 1 aliphatic carbocycles. The zero-order chi connectivity index (χ0) is 16.2. The minimum atomic E-state index is 0.777. The average Bonchev–Trinajstić information content (AvgIpc) is 2.71. The van der Waals surface area contributed by atoms with Gasteiger partial charge in [0.25, 0.3) is 0 Å². The van der Waals surface area contributed by atoms with Crippen molar-refractivity contribution >= 4 is 29.3 Å². The Kier molecular flexibility index (Phi) is 4.97. The Bertz CT molecular complexity index is 763. The Hall–Kier alpha value is -1.86. The predicted octanol–water partition coefficient (Wildman–Crippen LogP) is 6.62. The molecule has 0 saturated carbocycles. The summed E-state index contributed by atoms with van der Waals surface area (Å²) >= 11 is 6.23. The molecule has 0 bridgehead atoms. The highest BCUT2D eigenvalue weighted by Crippen LogP contribution is 2.38. The summed E-state index contributed by atoms with van der Waals surface area (Å²) in [6, 6.07) is 10.3. The van der Waals surface area contributed by atoms with Crippen LogP contribution in [0, 0.1) is 0 Å². The highest BCUT2D eigenvalue weighted by Gasteiger charge is 2.19. The number of fused-ring (bicyclic) bond motifs is 2. The number of nitrogens with zero attached hydrogens (tertiary/aromatic N) is 1. The SMILES string of the molecule is CCCC(CCC)=C1c2ccc(Cl)cc2C=Cc2cccnc21. The van der Waals surface area contributed by atoms with Gasteiger partial charge in [0.15, 0.2) is 0 Å². The van der Waals surface area contributed by atoms with Gasteiger partial charge in [0.2, 0.25) is 0 Å². The van der Waals surface area contributed by atoms with Gasteiger partial charge in [0.1, 0.15) is 0 Å². The lowest BCUT2D eigenvalue weighted by Gasteiger charge is -2.17. The summed E-state index contributed by atoms with van der Waals surface area (Å²) in [5, 5.41) is 0.777. The van der Waals surface area contributed by atoms with E-state index in [1.165, 1.54) is 27.8 Å². The third-order valence-corrected chi connectivity index (χ3v) is 4.49. The molecule has 0 unspecified atom stereocenters. The first-order chi connectivity index (χ1) is 11.2. The summed E-state index contributed by atoms with van der Waals surface area (Å²) in [5.74, 6) is 0. The number of hydrogen-bond donors (Lipinski definition) is 0. The van der Waals surface area contributed by atoms with Crippen LogP contribution in [0.1, 0.15) is 61.9 Å². The van der Waals surface area contributed by atoms with E-state index in [-0.39, 0.29) is 0 Å². The summed E-state index contributed by atoms with van der Waals surface area (Å²) in [6.07, 6.45) is 10.7. The van der Waals surface area contributed by atoms with Crippen molar-refractivity contribution in [2.24, 2.45) is 0 Å². The molecule has 1 nitrogen and oxygen atoms in total. The first kappa shape index (κ1) is 16.0. The molecule has 0 saturated heterocycles. The number of rotatable bonds is 4. The molecular formula is C21H22ClN. The number of benzene rings is 1. The summed E-state index contributed by atoms with van der Waals surface area (Å²) in [7, 11) is 0. The van der Waals surface area contributed by atoms with E-state index in [1.807, 2.05) is 18.3 Å². The third kappa shape index (κ3) is 3.25. The molecule has 0 spiro atoms. The molecular weight excluding hydrogens is 302 g/mol. The Morgan fingerprint density at radius 3 is 2.48 bits per heavy atom. The largest absolute Gasteiger partial charge is 0.256 e. The maximum atomic E-state index is 6.23. The maximum absolute atomic E-state index is 6.23. The molecule has 23 heavy (non-hydrogen) atoms. The molecule has 0 radical (unpaired) electrons. The highest BCUT2D eigenvalue weighted by atomic mass is 35.5. The maximum Gasteiger partial charge on any atom is 0.0780 e. The van der Waals surface area contributed by atoms with E-state index in [4.69, 9.17) is 16.6 Å². The average molecular weight is 324 g/mol. The zero-order valence-electron chi connectivity index (χ0n) is 13.8. The van der Waals surface area contributed by atoms with Gasteiger partial charge >= 0.3 is 0 Å². The van der Waals surface area contributed by atoms with E-state index in [0.717, 1.165) is 36.4 Å². The van der Waals surface area contributed by atoms with Crippen molar-refractivity contribution in [3.63, 3.8) is 0 Å². The van der Waals surface area contributed by atoms with Crippen LogP contribution in [0.4, 0.5) is 0 Å². The minimum absolute atomic E-state index is 0.777. The van der Waals surface area contributed by atoms with Crippen LogP contribution in [0.3, 0.4) is 0 Å². The van der Waals surface area contributed by atoms with Gasteiger partial charge < -0.3 is 0 Å². The van der Waals surface area contributed by atoms with Crippen LogP contribution in [0.2, 0.25) is 5.02 Å². The van der Waals surface area contributed by atoms with Gasteiger partial charge in [-0.15, -0.1) is 0 Å². The fourth-order valence-corrected chi connectivity index (χ4v) is 3.48. The van der Waals surface area contributed by atoms with E-state index in [1.54, 1.807) is 0 Å². The Morgan fingerprint density at radius 1 is 1.00 bits per heavy atom. The number of halogens is 1. The van der Waals surface area contributed by atoms with Crippen LogP contribution in [-0.2, 0) is 0 Å². The number of allylic oxidation sites excluding steroid dienone is 1. The summed E-state index contributed by atoms with van der Waals surface area (Å²) in [5.41, 5.74) is 7.51. The molecule has 0 aliphatic heterocycles. The molecule has 1 aromatic heterocycles. The van der Waals surface area contributed by atoms with Crippen LogP contribution in [0.25, 0.3) is 17.7 Å².